The number of carbonyl (C=O) groups excluding carboxylic acids is 2. The minimum atomic E-state index is -0.899. The van der Waals surface area contributed by atoms with Crippen molar-refractivity contribution < 1.29 is 23.8 Å². The number of methoxy groups -OCH3 is 1. The monoisotopic (exact) mass is 329 g/mol. The van der Waals surface area contributed by atoms with Crippen LogP contribution in [0, 0.1) is 0 Å². The lowest BCUT2D eigenvalue weighted by Crippen LogP contribution is -2.35. The molecule has 0 aliphatic carbocycles. The number of likely N-dealkylation sites (N-methyl/N-ethyl adjacent to an activating group) is 1. The summed E-state index contributed by atoms with van der Waals surface area (Å²) in [6, 6.07) is 2.88. The Hall–Kier alpha value is -1.95. The number of ether oxygens (including phenoxy) is 3. The van der Waals surface area contributed by atoms with Crippen LogP contribution in [0.1, 0.15) is 31.1 Å². The lowest BCUT2D eigenvalue weighted by molar-refractivity contribution is -0.128. The minimum absolute atomic E-state index is 0.182. The fraction of sp³-hybridized carbons (Fsp3) is 0.467. The van der Waals surface area contributed by atoms with Crippen molar-refractivity contribution in [2.75, 3.05) is 20.3 Å². The Kier molecular flexibility index (Phi) is 6.98. The van der Waals surface area contributed by atoms with Crippen LogP contribution < -0.4 is 14.8 Å². The van der Waals surface area contributed by atoms with Gasteiger partial charge in [-0.1, -0.05) is 11.6 Å². The number of hydrogen-bond acceptors (Lipinski definition) is 5. The van der Waals surface area contributed by atoms with Gasteiger partial charge in [-0.15, -0.1) is 0 Å². The summed E-state index contributed by atoms with van der Waals surface area (Å²) >= 11 is 6.09. The van der Waals surface area contributed by atoms with Gasteiger partial charge in [0.25, 0.3) is 5.91 Å². The molecule has 0 bridgehead atoms. The zero-order chi connectivity index (χ0) is 16.7. The summed E-state index contributed by atoms with van der Waals surface area (Å²) < 4.78 is 15.6. The highest BCUT2D eigenvalue weighted by atomic mass is 35.5. The van der Waals surface area contributed by atoms with Crippen LogP contribution in [-0.2, 0) is 9.53 Å². The van der Waals surface area contributed by atoms with Crippen molar-refractivity contribution in [2.24, 2.45) is 0 Å². The average molecular weight is 330 g/mol. The summed E-state index contributed by atoms with van der Waals surface area (Å²) in [5.41, 5.74) is 0.182. The lowest BCUT2D eigenvalue weighted by atomic mass is 10.2. The van der Waals surface area contributed by atoms with Crippen LogP contribution >= 0.6 is 11.6 Å². The number of amides is 1. The molecule has 22 heavy (non-hydrogen) atoms. The van der Waals surface area contributed by atoms with Crippen LogP contribution in [0.15, 0.2) is 12.1 Å². The van der Waals surface area contributed by atoms with Gasteiger partial charge in [-0.2, -0.15) is 0 Å². The molecule has 1 aromatic rings. The molecule has 0 aliphatic rings. The normalized spacial score (nSPS) is 11.5. The third kappa shape index (κ3) is 4.53. The quantitative estimate of drug-likeness (QED) is 0.778. The van der Waals surface area contributed by atoms with Crippen molar-refractivity contribution in [3.8, 4) is 11.5 Å². The first-order chi connectivity index (χ1) is 10.4. The topological polar surface area (TPSA) is 73.9 Å². The predicted octanol–water partition coefficient (Wildman–Crippen LogP) is 2.43. The summed E-state index contributed by atoms with van der Waals surface area (Å²) in [5.74, 6) is -0.339. The molecule has 122 valence electrons. The van der Waals surface area contributed by atoms with Crippen LogP contribution in [0.5, 0.6) is 11.5 Å². The molecule has 0 saturated carbocycles. The van der Waals surface area contributed by atoms with Crippen molar-refractivity contribution in [1.29, 1.82) is 0 Å². The van der Waals surface area contributed by atoms with E-state index in [1.807, 2.05) is 6.92 Å². The number of rotatable bonds is 7. The highest BCUT2D eigenvalue weighted by Crippen LogP contribution is 2.36. The van der Waals surface area contributed by atoms with Gasteiger partial charge in [-0.3, -0.25) is 4.79 Å². The van der Waals surface area contributed by atoms with Crippen LogP contribution in [0.3, 0.4) is 0 Å². The highest BCUT2D eigenvalue weighted by molar-refractivity contribution is 6.32. The maximum Gasteiger partial charge on any atom is 0.339 e. The SMILES string of the molecule is CCNC(=O)[C@@H](C)OC(=O)c1cc(Cl)c(OCC)c(OC)c1. The molecular weight excluding hydrogens is 310 g/mol. The van der Waals surface area contributed by atoms with Gasteiger partial charge in [0.1, 0.15) is 0 Å². The first kappa shape index (κ1) is 18.1. The first-order valence-electron chi connectivity index (χ1n) is 6.93. The summed E-state index contributed by atoms with van der Waals surface area (Å²) in [6.07, 6.45) is -0.899. The Morgan fingerprint density at radius 1 is 1.32 bits per heavy atom. The van der Waals surface area contributed by atoms with E-state index in [2.05, 4.69) is 5.32 Å². The number of nitrogens with one attached hydrogen (secondary N) is 1. The van der Waals surface area contributed by atoms with Gasteiger partial charge in [-0.05, 0) is 32.9 Å². The second-order valence-electron chi connectivity index (χ2n) is 4.36. The van der Waals surface area contributed by atoms with Gasteiger partial charge >= 0.3 is 5.97 Å². The standard InChI is InChI=1S/C15H20ClNO5/c1-5-17-14(18)9(3)22-15(19)10-7-11(16)13(21-6-2)12(8-10)20-4/h7-9H,5-6H2,1-4H3,(H,17,18)/t9-/m1/s1. The van der Waals surface area contributed by atoms with Crippen molar-refractivity contribution >= 4 is 23.5 Å². The molecular formula is C15H20ClNO5. The molecule has 6 nitrogen and oxygen atoms in total. The molecule has 0 radical (unpaired) electrons. The summed E-state index contributed by atoms with van der Waals surface area (Å²) in [5, 5.41) is 2.81. The summed E-state index contributed by atoms with van der Waals surface area (Å²) in [6.45, 7) is 5.96. The van der Waals surface area contributed by atoms with E-state index in [-0.39, 0.29) is 16.5 Å². The van der Waals surface area contributed by atoms with Gasteiger partial charge < -0.3 is 19.5 Å². The zero-order valence-electron chi connectivity index (χ0n) is 13.1. The third-order valence-electron chi connectivity index (χ3n) is 2.76. The first-order valence-corrected chi connectivity index (χ1v) is 7.31. The van der Waals surface area contributed by atoms with E-state index in [4.69, 9.17) is 25.8 Å². The smallest absolute Gasteiger partial charge is 0.339 e. The van der Waals surface area contributed by atoms with Gasteiger partial charge in [-0.25, -0.2) is 4.79 Å². The van der Waals surface area contributed by atoms with Crippen LogP contribution in [0.25, 0.3) is 0 Å². The van der Waals surface area contributed by atoms with Crippen LogP contribution in [-0.4, -0.2) is 38.2 Å². The van der Waals surface area contributed by atoms with E-state index in [9.17, 15) is 9.59 Å². The van der Waals surface area contributed by atoms with Gasteiger partial charge in [0.05, 0.1) is 24.3 Å². The third-order valence-corrected chi connectivity index (χ3v) is 3.04. The van der Waals surface area contributed by atoms with Crippen molar-refractivity contribution in [1.82, 2.24) is 5.32 Å². The average Bonchev–Trinajstić information content (AvgIpc) is 2.49. The van der Waals surface area contributed by atoms with Crippen molar-refractivity contribution in [2.45, 2.75) is 26.9 Å². The number of hydrogen-bond donors (Lipinski definition) is 1. The number of benzene rings is 1. The molecule has 0 heterocycles. The van der Waals surface area contributed by atoms with Gasteiger partial charge in [0.2, 0.25) is 0 Å². The van der Waals surface area contributed by atoms with E-state index in [1.165, 1.54) is 26.2 Å². The Morgan fingerprint density at radius 2 is 2.00 bits per heavy atom. The maximum absolute atomic E-state index is 12.1. The predicted molar refractivity (Wildman–Crippen MR) is 82.7 cm³/mol. The fourth-order valence-electron chi connectivity index (χ4n) is 1.72. The van der Waals surface area contributed by atoms with Gasteiger partial charge in [0, 0.05) is 6.54 Å². The molecule has 0 aromatic heterocycles. The molecule has 1 atom stereocenters. The Bertz CT molecular complexity index is 547. The molecule has 1 rings (SSSR count). The second kappa shape index (κ2) is 8.48. The Labute approximate surface area is 134 Å². The molecule has 0 fully saturated rings. The summed E-state index contributed by atoms with van der Waals surface area (Å²) in [7, 11) is 1.45. The lowest BCUT2D eigenvalue weighted by Gasteiger charge is -2.15. The van der Waals surface area contributed by atoms with Crippen LogP contribution in [0.4, 0.5) is 0 Å². The van der Waals surface area contributed by atoms with E-state index in [0.717, 1.165) is 0 Å². The molecule has 0 aliphatic heterocycles. The molecule has 0 unspecified atom stereocenters. The van der Waals surface area contributed by atoms with E-state index >= 15 is 0 Å². The largest absolute Gasteiger partial charge is 0.493 e. The second-order valence-corrected chi connectivity index (χ2v) is 4.77. The van der Waals surface area contributed by atoms with Crippen molar-refractivity contribution in [3.63, 3.8) is 0 Å². The number of carbonyl (C=O) groups is 2. The Balaban J connectivity index is 2.94. The van der Waals surface area contributed by atoms with E-state index in [1.54, 1.807) is 6.92 Å². The number of esters is 1. The van der Waals surface area contributed by atoms with E-state index < -0.39 is 12.1 Å². The fourth-order valence-corrected chi connectivity index (χ4v) is 1.99. The van der Waals surface area contributed by atoms with Gasteiger partial charge in [0.15, 0.2) is 17.6 Å². The van der Waals surface area contributed by atoms with E-state index in [0.29, 0.717) is 24.7 Å². The highest BCUT2D eigenvalue weighted by Gasteiger charge is 2.21. The summed E-state index contributed by atoms with van der Waals surface area (Å²) in [4.78, 5) is 23.7. The molecule has 1 N–H and O–H groups in total. The maximum atomic E-state index is 12.1. The van der Waals surface area contributed by atoms with Crippen LogP contribution in [0.2, 0.25) is 5.02 Å². The molecule has 1 amide bonds. The molecule has 0 spiro atoms. The zero-order valence-corrected chi connectivity index (χ0v) is 13.8. The minimum Gasteiger partial charge on any atom is -0.493 e. The number of halogens is 1. The molecule has 1 aromatic carbocycles. The van der Waals surface area contributed by atoms with Crippen molar-refractivity contribution in [3.05, 3.63) is 22.7 Å². The molecule has 0 saturated heterocycles. The molecule has 7 heteroatoms. The Morgan fingerprint density at radius 3 is 2.55 bits per heavy atom.